The number of hydrogen-bond acceptors (Lipinski definition) is 5. The summed E-state index contributed by atoms with van der Waals surface area (Å²) in [6.45, 7) is 2.99. The first-order chi connectivity index (χ1) is 10.3. The van der Waals surface area contributed by atoms with Gasteiger partial charge in [-0.2, -0.15) is 0 Å². The van der Waals surface area contributed by atoms with E-state index in [-0.39, 0.29) is 5.82 Å². The molecule has 112 valence electrons. The average molecular weight is 306 g/mol. The van der Waals surface area contributed by atoms with Crippen molar-refractivity contribution in [2.75, 3.05) is 30.8 Å². The van der Waals surface area contributed by atoms with Crippen molar-refractivity contribution in [1.82, 2.24) is 14.7 Å². The van der Waals surface area contributed by atoms with Gasteiger partial charge in [0.1, 0.15) is 18.0 Å². The quantitative estimate of drug-likeness (QED) is 0.880. The summed E-state index contributed by atoms with van der Waals surface area (Å²) in [6, 6.07) is 4.73. The molecule has 0 radical (unpaired) electrons. The second-order valence-corrected chi connectivity index (χ2v) is 6.06. The lowest BCUT2D eigenvalue weighted by molar-refractivity contribution is 0.415. The number of benzene rings is 1. The van der Waals surface area contributed by atoms with Crippen LogP contribution >= 0.6 is 11.9 Å². The van der Waals surface area contributed by atoms with Gasteiger partial charge >= 0.3 is 0 Å². The molecule has 1 fully saturated rings. The Morgan fingerprint density at radius 3 is 3.19 bits per heavy atom. The molecule has 1 aromatic heterocycles. The Morgan fingerprint density at radius 1 is 1.43 bits per heavy atom. The molecule has 0 bridgehead atoms. The van der Waals surface area contributed by atoms with Crippen LogP contribution in [-0.2, 0) is 0 Å². The Hall–Kier alpha value is -1.40. The minimum atomic E-state index is -0.257. The Morgan fingerprint density at radius 2 is 2.33 bits per heavy atom. The van der Waals surface area contributed by atoms with Crippen LogP contribution < -0.4 is 9.62 Å². The van der Waals surface area contributed by atoms with Gasteiger partial charge < -0.3 is 4.90 Å². The maximum absolute atomic E-state index is 13.3. The standard InChI is InChI=1S/C15H19FN4S/c1-21-19-8-11-3-2-6-20(9-11)15-13-5-4-12(16)7-14(13)17-10-18-15/h4-5,7,10-11,19H,2-3,6,8-9H2,1H3. The zero-order valence-electron chi connectivity index (χ0n) is 12.1. The first-order valence-corrected chi connectivity index (χ1v) is 8.41. The topological polar surface area (TPSA) is 41.0 Å². The van der Waals surface area contributed by atoms with E-state index in [0.29, 0.717) is 11.4 Å². The molecule has 1 aliphatic heterocycles. The van der Waals surface area contributed by atoms with Gasteiger partial charge in [-0.3, -0.25) is 4.72 Å². The lowest BCUT2D eigenvalue weighted by Gasteiger charge is -2.34. The molecule has 1 unspecified atom stereocenters. The first kappa shape index (κ1) is 14.5. The van der Waals surface area contributed by atoms with Gasteiger partial charge in [0.2, 0.25) is 0 Å². The van der Waals surface area contributed by atoms with E-state index >= 15 is 0 Å². The molecular formula is C15H19FN4S. The molecule has 3 rings (SSSR count). The third-order valence-electron chi connectivity index (χ3n) is 3.91. The zero-order chi connectivity index (χ0) is 14.7. The number of anilines is 1. The molecule has 0 saturated carbocycles. The highest BCUT2D eigenvalue weighted by molar-refractivity contribution is 7.96. The molecule has 4 nitrogen and oxygen atoms in total. The first-order valence-electron chi connectivity index (χ1n) is 7.19. The normalized spacial score (nSPS) is 19.1. The monoisotopic (exact) mass is 306 g/mol. The Labute approximate surface area is 128 Å². The summed E-state index contributed by atoms with van der Waals surface area (Å²) in [4.78, 5) is 10.9. The van der Waals surface area contributed by atoms with E-state index in [1.807, 2.05) is 6.26 Å². The third kappa shape index (κ3) is 3.27. The molecule has 6 heteroatoms. The Kier molecular flexibility index (Phi) is 4.55. The van der Waals surface area contributed by atoms with Crippen LogP contribution in [0.2, 0.25) is 0 Å². The molecule has 0 amide bonds. The van der Waals surface area contributed by atoms with Gasteiger partial charge in [0.05, 0.1) is 5.52 Å². The fraction of sp³-hybridized carbons (Fsp3) is 0.467. The second kappa shape index (κ2) is 6.58. The lowest BCUT2D eigenvalue weighted by atomic mass is 9.98. The number of halogens is 1. The van der Waals surface area contributed by atoms with Crippen LogP contribution in [0, 0.1) is 11.7 Å². The van der Waals surface area contributed by atoms with Crippen LogP contribution in [0.25, 0.3) is 10.9 Å². The van der Waals surface area contributed by atoms with Crippen molar-refractivity contribution < 1.29 is 4.39 Å². The minimum absolute atomic E-state index is 0.257. The highest BCUT2D eigenvalue weighted by Gasteiger charge is 2.22. The van der Waals surface area contributed by atoms with Crippen molar-refractivity contribution in [1.29, 1.82) is 0 Å². The largest absolute Gasteiger partial charge is 0.356 e. The van der Waals surface area contributed by atoms with Gasteiger partial charge in [-0.1, -0.05) is 11.9 Å². The van der Waals surface area contributed by atoms with Crippen LogP contribution in [0.5, 0.6) is 0 Å². The number of nitrogens with zero attached hydrogens (tertiary/aromatic N) is 3. The average Bonchev–Trinajstić information content (AvgIpc) is 2.52. The number of rotatable bonds is 4. The number of hydrogen-bond donors (Lipinski definition) is 1. The van der Waals surface area contributed by atoms with Crippen molar-refractivity contribution in [3.05, 3.63) is 30.3 Å². The molecule has 2 aromatic rings. The summed E-state index contributed by atoms with van der Waals surface area (Å²) in [5.74, 6) is 1.29. The number of aromatic nitrogens is 2. The fourth-order valence-electron chi connectivity index (χ4n) is 2.89. The van der Waals surface area contributed by atoms with Crippen molar-refractivity contribution >= 4 is 28.7 Å². The molecule has 0 aliphatic carbocycles. The molecule has 1 atom stereocenters. The SMILES string of the molecule is CSNCC1CCCN(c2ncnc3cc(F)ccc23)C1. The second-order valence-electron chi connectivity index (χ2n) is 5.37. The minimum Gasteiger partial charge on any atom is -0.356 e. The predicted molar refractivity (Wildman–Crippen MR) is 86.0 cm³/mol. The van der Waals surface area contributed by atoms with E-state index in [4.69, 9.17) is 0 Å². The maximum atomic E-state index is 13.3. The van der Waals surface area contributed by atoms with E-state index in [1.54, 1.807) is 18.0 Å². The molecule has 1 aliphatic rings. The Bertz CT molecular complexity index is 622. The van der Waals surface area contributed by atoms with E-state index in [2.05, 4.69) is 19.6 Å². The van der Waals surface area contributed by atoms with Gasteiger partial charge in [-0.15, -0.1) is 0 Å². The smallest absolute Gasteiger partial charge is 0.139 e. The van der Waals surface area contributed by atoms with Gasteiger partial charge in [0.25, 0.3) is 0 Å². The predicted octanol–water partition coefficient (Wildman–Crippen LogP) is 2.85. The van der Waals surface area contributed by atoms with Crippen LogP contribution in [0.4, 0.5) is 10.2 Å². The van der Waals surface area contributed by atoms with Crippen LogP contribution in [-0.4, -0.2) is 35.9 Å². The van der Waals surface area contributed by atoms with Gasteiger partial charge in [0.15, 0.2) is 0 Å². The van der Waals surface area contributed by atoms with Crippen molar-refractivity contribution in [2.24, 2.45) is 5.92 Å². The molecular weight excluding hydrogens is 287 g/mol. The number of fused-ring (bicyclic) bond motifs is 1. The molecule has 21 heavy (non-hydrogen) atoms. The highest BCUT2D eigenvalue weighted by atomic mass is 32.2. The lowest BCUT2D eigenvalue weighted by Crippen LogP contribution is -2.39. The van der Waals surface area contributed by atoms with Crippen LogP contribution in [0.1, 0.15) is 12.8 Å². The van der Waals surface area contributed by atoms with Gasteiger partial charge in [0, 0.05) is 31.1 Å². The molecule has 1 aromatic carbocycles. The van der Waals surface area contributed by atoms with E-state index in [9.17, 15) is 4.39 Å². The summed E-state index contributed by atoms with van der Waals surface area (Å²) in [6.07, 6.45) is 5.98. The number of nitrogens with one attached hydrogen (secondary N) is 1. The summed E-state index contributed by atoms with van der Waals surface area (Å²) in [5.41, 5.74) is 0.671. The van der Waals surface area contributed by atoms with Crippen molar-refractivity contribution in [2.45, 2.75) is 12.8 Å². The number of piperidine rings is 1. The van der Waals surface area contributed by atoms with Gasteiger partial charge in [-0.05, 0) is 37.1 Å². The molecule has 0 spiro atoms. The van der Waals surface area contributed by atoms with Crippen LogP contribution in [0.3, 0.4) is 0 Å². The Balaban J connectivity index is 1.86. The zero-order valence-corrected chi connectivity index (χ0v) is 12.9. The van der Waals surface area contributed by atoms with Crippen molar-refractivity contribution in [3.63, 3.8) is 0 Å². The summed E-state index contributed by atoms with van der Waals surface area (Å²) in [5, 5.41) is 0.928. The molecule has 2 heterocycles. The van der Waals surface area contributed by atoms with E-state index in [1.165, 1.54) is 24.9 Å². The van der Waals surface area contributed by atoms with Crippen LogP contribution in [0.15, 0.2) is 24.5 Å². The van der Waals surface area contributed by atoms with E-state index < -0.39 is 0 Å². The van der Waals surface area contributed by atoms with E-state index in [0.717, 1.165) is 37.3 Å². The highest BCUT2D eigenvalue weighted by Crippen LogP contribution is 2.27. The fourth-order valence-corrected chi connectivity index (χ4v) is 3.30. The summed E-state index contributed by atoms with van der Waals surface area (Å²) >= 11 is 1.66. The molecule has 1 saturated heterocycles. The molecule has 1 N–H and O–H groups in total. The third-order valence-corrected chi connectivity index (χ3v) is 4.37. The summed E-state index contributed by atoms with van der Waals surface area (Å²) in [7, 11) is 0. The maximum Gasteiger partial charge on any atom is 0.139 e. The van der Waals surface area contributed by atoms with Gasteiger partial charge in [-0.25, -0.2) is 14.4 Å². The summed E-state index contributed by atoms with van der Waals surface area (Å²) < 4.78 is 16.7. The van der Waals surface area contributed by atoms with Crippen molar-refractivity contribution in [3.8, 4) is 0 Å².